The van der Waals surface area contributed by atoms with Crippen molar-refractivity contribution in [2.75, 3.05) is 11.4 Å². The van der Waals surface area contributed by atoms with Crippen LogP contribution in [0, 0.1) is 0 Å². The highest BCUT2D eigenvalue weighted by Gasteiger charge is 2.30. The number of para-hydroxylation sites is 1. The summed E-state index contributed by atoms with van der Waals surface area (Å²) in [6.45, 7) is -0.123. The second-order valence-corrected chi connectivity index (χ2v) is 8.08. The van der Waals surface area contributed by atoms with E-state index in [4.69, 9.17) is 4.74 Å². The molecule has 3 aromatic rings. The number of sulfonamides is 1. The summed E-state index contributed by atoms with van der Waals surface area (Å²) in [6.07, 6.45) is -4.45. The Balaban J connectivity index is 2.01. The van der Waals surface area contributed by atoms with E-state index in [9.17, 15) is 21.6 Å². The summed E-state index contributed by atoms with van der Waals surface area (Å²) in [5, 5.41) is 0. The van der Waals surface area contributed by atoms with Crippen LogP contribution < -0.4 is 9.04 Å². The van der Waals surface area contributed by atoms with Crippen molar-refractivity contribution in [1.82, 2.24) is 0 Å². The summed E-state index contributed by atoms with van der Waals surface area (Å²) in [5.41, 5.74) is 0.0340. The van der Waals surface area contributed by atoms with Crippen LogP contribution in [0.4, 0.5) is 18.9 Å². The molecular weight excluding hydrogens is 403 g/mol. The standard InChI is InChI=1S/C21H18F3NO3S/c1-28-19-8-5-9-20(14-19)29(26,27)25(18-6-3-2-4-7-18)15-16-10-12-17(13-11-16)21(22,23)24/h2-14H,15H2,1H3. The molecule has 0 amide bonds. The number of anilines is 1. The molecule has 0 heterocycles. The number of ether oxygens (including phenoxy) is 1. The summed E-state index contributed by atoms with van der Waals surface area (Å²) < 4.78 is 71.3. The molecule has 0 aliphatic rings. The first kappa shape index (κ1) is 20.7. The van der Waals surface area contributed by atoms with Crippen LogP contribution in [0.5, 0.6) is 5.75 Å². The molecule has 0 saturated heterocycles. The van der Waals surface area contributed by atoms with E-state index in [2.05, 4.69) is 0 Å². The van der Waals surface area contributed by atoms with Crippen LogP contribution in [-0.2, 0) is 22.7 Å². The van der Waals surface area contributed by atoms with Gasteiger partial charge in [0.25, 0.3) is 10.0 Å². The van der Waals surface area contributed by atoms with Gasteiger partial charge in [-0.3, -0.25) is 4.31 Å². The normalized spacial score (nSPS) is 11.9. The third-order valence-corrected chi connectivity index (χ3v) is 6.05. The van der Waals surface area contributed by atoms with Crippen LogP contribution in [0.2, 0.25) is 0 Å². The van der Waals surface area contributed by atoms with E-state index in [1.54, 1.807) is 42.5 Å². The van der Waals surface area contributed by atoms with Gasteiger partial charge in [0, 0.05) is 6.07 Å². The Kier molecular flexibility index (Phi) is 5.83. The molecule has 0 radical (unpaired) electrons. The van der Waals surface area contributed by atoms with E-state index in [0.717, 1.165) is 16.4 Å². The van der Waals surface area contributed by atoms with Crippen molar-refractivity contribution in [3.63, 3.8) is 0 Å². The molecule has 0 atom stereocenters. The average molecular weight is 421 g/mol. The van der Waals surface area contributed by atoms with Gasteiger partial charge in [0.05, 0.1) is 29.8 Å². The van der Waals surface area contributed by atoms with E-state index >= 15 is 0 Å². The zero-order valence-electron chi connectivity index (χ0n) is 15.4. The Labute approximate surface area is 167 Å². The third-order valence-electron chi connectivity index (χ3n) is 4.28. The van der Waals surface area contributed by atoms with Gasteiger partial charge < -0.3 is 4.74 Å². The number of halogens is 3. The minimum atomic E-state index is -4.45. The van der Waals surface area contributed by atoms with Crippen molar-refractivity contribution in [3.05, 3.63) is 90.0 Å². The maximum absolute atomic E-state index is 13.3. The van der Waals surface area contributed by atoms with E-state index in [0.29, 0.717) is 17.0 Å². The molecule has 0 spiro atoms. The van der Waals surface area contributed by atoms with Crippen LogP contribution in [-0.4, -0.2) is 15.5 Å². The molecule has 3 rings (SSSR count). The van der Waals surface area contributed by atoms with Crippen LogP contribution in [0.3, 0.4) is 0 Å². The second-order valence-electron chi connectivity index (χ2n) is 6.22. The Morgan fingerprint density at radius 2 is 1.55 bits per heavy atom. The minimum absolute atomic E-state index is 0.0209. The van der Waals surface area contributed by atoms with Crippen molar-refractivity contribution in [3.8, 4) is 5.75 Å². The lowest BCUT2D eigenvalue weighted by Crippen LogP contribution is -2.30. The van der Waals surface area contributed by atoms with Gasteiger partial charge in [-0.1, -0.05) is 36.4 Å². The maximum Gasteiger partial charge on any atom is 0.416 e. The van der Waals surface area contributed by atoms with E-state index in [1.807, 2.05) is 0 Å². The lowest BCUT2D eigenvalue weighted by molar-refractivity contribution is -0.137. The van der Waals surface area contributed by atoms with Gasteiger partial charge in [-0.05, 0) is 42.0 Å². The first-order chi connectivity index (χ1) is 13.7. The molecule has 152 valence electrons. The first-order valence-electron chi connectivity index (χ1n) is 8.60. The zero-order valence-corrected chi connectivity index (χ0v) is 16.2. The fourth-order valence-electron chi connectivity index (χ4n) is 2.76. The number of hydrogen-bond donors (Lipinski definition) is 0. The molecule has 0 aliphatic carbocycles. The number of hydrogen-bond acceptors (Lipinski definition) is 3. The third kappa shape index (κ3) is 4.71. The smallest absolute Gasteiger partial charge is 0.416 e. The largest absolute Gasteiger partial charge is 0.497 e. The molecular formula is C21H18F3NO3S. The summed E-state index contributed by atoms with van der Waals surface area (Å²) >= 11 is 0. The molecule has 29 heavy (non-hydrogen) atoms. The molecule has 0 N–H and O–H groups in total. The quantitative estimate of drug-likeness (QED) is 0.556. The SMILES string of the molecule is COc1cccc(S(=O)(=O)N(Cc2ccc(C(F)(F)F)cc2)c2ccccc2)c1. The van der Waals surface area contributed by atoms with Crippen LogP contribution in [0.25, 0.3) is 0 Å². The molecule has 0 unspecified atom stereocenters. The minimum Gasteiger partial charge on any atom is -0.497 e. The Morgan fingerprint density at radius 3 is 2.14 bits per heavy atom. The van der Waals surface area contributed by atoms with Crippen molar-refractivity contribution in [2.24, 2.45) is 0 Å². The molecule has 0 fully saturated rings. The number of rotatable bonds is 6. The lowest BCUT2D eigenvalue weighted by Gasteiger charge is -2.25. The fourth-order valence-corrected chi connectivity index (χ4v) is 4.25. The van der Waals surface area contributed by atoms with Gasteiger partial charge in [-0.25, -0.2) is 8.42 Å². The second kappa shape index (κ2) is 8.16. The maximum atomic E-state index is 13.3. The van der Waals surface area contributed by atoms with Gasteiger partial charge in [-0.2, -0.15) is 13.2 Å². The topological polar surface area (TPSA) is 46.6 Å². The highest BCUT2D eigenvalue weighted by molar-refractivity contribution is 7.92. The van der Waals surface area contributed by atoms with Crippen molar-refractivity contribution in [1.29, 1.82) is 0 Å². The van der Waals surface area contributed by atoms with Crippen LogP contribution in [0.15, 0.2) is 83.8 Å². The van der Waals surface area contributed by atoms with E-state index < -0.39 is 21.8 Å². The predicted octanol–water partition coefficient (Wildman–Crippen LogP) is 5.11. The Bertz CT molecular complexity index is 1070. The van der Waals surface area contributed by atoms with Gasteiger partial charge in [0.2, 0.25) is 0 Å². The van der Waals surface area contributed by atoms with Gasteiger partial charge in [0.15, 0.2) is 0 Å². The molecule has 4 nitrogen and oxygen atoms in total. The van der Waals surface area contributed by atoms with Crippen LogP contribution >= 0.6 is 0 Å². The fraction of sp³-hybridized carbons (Fsp3) is 0.143. The summed E-state index contributed by atoms with van der Waals surface area (Å²) in [5.74, 6) is 0.383. The number of benzene rings is 3. The highest BCUT2D eigenvalue weighted by atomic mass is 32.2. The number of alkyl halides is 3. The molecule has 0 aliphatic heterocycles. The summed E-state index contributed by atoms with van der Waals surface area (Å²) in [7, 11) is -2.56. The van der Waals surface area contributed by atoms with Crippen molar-refractivity contribution >= 4 is 15.7 Å². The summed E-state index contributed by atoms with van der Waals surface area (Å²) in [6, 6.07) is 18.9. The molecule has 0 aromatic heterocycles. The Hall–Kier alpha value is -3.00. The molecule has 3 aromatic carbocycles. The van der Waals surface area contributed by atoms with Crippen molar-refractivity contribution in [2.45, 2.75) is 17.6 Å². The molecule has 0 bridgehead atoms. The highest BCUT2D eigenvalue weighted by Crippen LogP contribution is 2.31. The van der Waals surface area contributed by atoms with E-state index in [-0.39, 0.29) is 11.4 Å². The van der Waals surface area contributed by atoms with Gasteiger partial charge in [-0.15, -0.1) is 0 Å². The van der Waals surface area contributed by atoms with Crippen LogP contribution in [0.1, 0.15) is 11.1 Å². The summed E-state index contributed by atoms with van der Waals surface area (Å²) in [4.78, 5) is 0.0209. The lowest BCUT2D eigenvalue weighted by atomic mass is 10.1. The monoisotopic (exact) mass is 421 g/mol. The zero-order chi connectivity index (χ0) is 21.1. The van der Waals surface area contributed by atoms with Crippen molar-refractivity contribution < 1.29 is 26.3 Å². The van der Waals surface area contributed by atoms with Gasteiger partial charge >= 0.3 is 6.18 Å². The van der Waals surface area contributed by atoms with E-state index in [1.165, 1.54) is 31.4 Å². The average Bonchev–Trinajstić information content (AvgIpc) is 2.72. The Morgan fingerprint density at radius 1 is 0.897 bits per heavy atom. The number of nitrogens with zero attached hydrogens (tertiary/aromatic N) is 1. The molecule has 0 saturated carbocycles. The first-order valence-corrected chi connectivity index (χ1v) is 10.0. The number of methoxy groups -OCH3 is 1. The predicted molar refractivity (Wildman–Crippen MR) is 104 cm³/mol. The molecule has 8 heteroatoms. The van der Waals surface area contributed by atoms with Gasteiger partial charge in [0.1, 0.15) is 5.75 Å².